The van der Waals surface area contributed by atoms with Crippen LogP contribution in [0.3, 0.4) is 0 Å². The zero-order chi connectivity index (χ0) is 12.8. The quantitative estimate of drug-likeness (QED) is 0.737. The molecule has 0 atom stereocenters. The van der Waals surface area contributed by atoms with E-state index in [0.717, 1.165) is 13.0 Å². The summed E-state index contributed by atoms with van der Waals surface area (Å²) in [5, 5.41) is 0. The molecule has 0 radical (unpaired) electrons. The molecule has 0 fully saturated rings. The van der Waals surface area contributed by atoms with Gasteiger partial charge in [0, 0.05) is 19.8 Å². The maximum atomic E-state index is 11.9. The first kappa shape index (κ1) is 13.5. The molecule has 0 aliphatic heterocycles. The van der Waals surface area contributed by atoms with Gasteiger partial charge >= 0.3 is 5.97 Å². The van der Waals surface area contributed by atoms with Crippen LogP contribution in [0.25, 0.3) is 0 Å². The van der Waals surface area contributed by atoms with E-state index < -0.39 is 0 Å². The van der Waals surface area contributed by atoms with Gasteiger partial charge in [-0.25, -0.2) is 9.78 Å². The normalized spacial score (nSPS) is 10.4. The number of ether oxygens (including phenoxy) is 1. The predicted molar refractivity (Wildman–Crippen MR) is 68.3 cm³/mol. The van der Waals surface area contributed by atoms with E-state index in [1.165, 1.54) is 0 Å². The second-order valence-corrected chi connectivity index (χ2v) is 4.25. The SMILES string of the molecule is CCCN(C)c1ncccc1C(=O)OC(C)C. The van der Waals surface area contributed by atoms with Gasteiger partial charge in [0.1, 0.15) is 11.4 Å². The molecule has 0 aromatic carbocycles. The van der Waals surface area contributed by atoms with E-state index in [0.29, 0.717) is 11.4 Å². The molecule has 0 unspecified atom stereocenters. The molecule has 4 nitrogen and oxygen atoms in total. The number of pyridine rings is 1. The van der Waals surface area contributed by atoms with Gasteiger partial charge in [0.05, 0.1) is 6.10 Å². The molecule has 94 valence electrons. The van der Waals surface area contributed by atoms with Crippen LogP contribution in [0.4, 0.5) is 5.82 Å². The molecule has 0 spiro atoms. The number of nitrogens with zero attached hydrogens (tertiary/aromatic N) is 2. The van der Waals surface area contributed by atoms with Crippen molar-refractivity contribution in [2.24, 2.45) is 0 Å². The number of aromatic nitrogens is 1. The van der Waals surface area contributed by atoms with E-state index in [2.05, 4.69) is 11.9 Å². The number of anilines is 1. The Hall–Kier alpha value is -1.58. The van der Waals surface area contributed by atoms with Gasteiger partial charge in [-0.1, -0.05) is 6.92 Å². The lowest BCUT2D eigenvalue weighted by Gasteiger charge is -2.20. The first-order valence-corrected chi connectivity index (χ1v) is 5.93. The van der Waals surface area contributed by atoms with Gasteiger partial charge in [-0.15, -0.1) is 0 Å². The summed E-state index contributed by atoms with van der Waals surface area (Å²) in [6.45, 7) is 6.62. The van der Waals surface area contributed by atoms with Gasteiger partial charge in [0.15, 0.2) is 0 Å². The topological polar surface area (TPSA) is 42.4 Å². The molecular weight excluding hydrogens is 216 g/mol. The van der Waals surface area contributed by atoms with E-state index in [1.807, 2.05) is 25.8 Å². The molecule has 1 rings (SSSR count). The smallest absolute Gasteiger partial charge is 0.342 e. The Labute approximate surface area is 103 Å². The number of esters is 1. The fraction of sp³-hybridized carbons (Fsp3) is 0.538. The maximum Gasteiger partial charge on any atom is 0.342 e. The van der Waals surface area contributed by atoms with Crippen LogP contribution in [0.5, 0.6) is 0 Å². The van der Waals surface area contributed by atoms with Crippen LogP contribution >= 0.6 is 0 Å². The maximum absolute atomic E-state index is 11.9. The molecule has 0 saturated carbocycles. The van der Waals surface area contributed by atoms with Gasteiger partial charge in [0.2, 0.25) is 0 Å². The molecule has 1 heterocycles. The summed E-state index contributed by atoms with van der Waals surface area (Å²) in [4.78, 5) is 18.1. The summed E-state index contributed by atoms with van der Waals surface area (Å²) in [5.74, 6) is 0.367. The van der Waals surface area contributed by atoms with Crippen LogP contribution in [-0.2, 0) is 4.74 Å². The fourth-order valence-corrected chi connectivity index (χ4v) is 1.58. The highest BCUT2D eigenvalue weighted by molar-refractivity contribution is 5.94. The zero-order valence-electron chi connectivity index (χ0n) is 10.9. The number of carbonyl (C=O) groups excluding carboxylic acids is 1. The van der Waals surface area contributed by atoms with E-state index in [1.54, 1.807) is 18.3 Å². The average Bonchev–Trinajstić information content (AvgIpc) is 2.28. The molecule has 0 aliphatic rings. The van der Waals surface area contributed by atoms with Crippen molar-refractivity contribution in [3.8, 4) is 0 Å². The van der Waals surface area contributed by atoms with Gasteiger partial charge in [-0.05, 0) is 32.4 Å². The van der Waals surface area contributed by atoms with Crippen molar-refractivity contribution in [3.63, 3.8) is 0 Å². The Bertz CT molecular complexity index is 377. The van der Waals surface area contributed by atoms with Crippen LogP contribution in [0.2, 0.25) is 0 Å². The fourth-order valence-electron chi connectivity index (χ4n) is 1.58. The standard InChI is InChI=1S/C13H20N2O2/c1-5-9-15(4)12-11(7-6-8-14-12)13(16)17-10(2)3/h6-8,10H,5,9H2,1-4H3. The Morgan fingerprint density at radius 3 is 2.82 bits per heavy atom. The molecule has 4 heteroatoms. The Morgan fingerprint density at radius 2 is 2.24 bits per heavy atom. The second kappa shape index (κ2) is 6.23. The van der Waals surface area contributed by atoms with Gasteiger partial charge in [-0.3, -0.25) is 0 Å². The Kier molecular flexibility index (Phi) is 4.94. The van der Waals surface area contributed by atoms with Crippen LogP contribution in [0, 0.1) is 0 Å². The summed E-state index contributed by atoms with van der Waals surface area (Å²) in [7, 11) is 1.93. The number of hydrogen-bond donors (Lipinski definition) is 0. The first-order valence-electron chi connectivity index (χ1n) is 5.93. The minimum Gasteiger partial charge on any atom is -0.459 e. The van der Waals surface area contributed by atoms with Crippen molar-refractivity contribution in [1.29, 1.82) is 0 Å². The highest BCUT2D eigenvalue weighted by atomic mass is 16.5. The van der Waals surface area contributed by atoms with Crippen molar-refractivity contribution in [2.45, 2.75) is 33.3 Å². The van der Waals surface area contributed by atoms with Crippen LogP contribution in [0.1, 0.15) is 37.6 Å². The number of rotatable bonds is 5. The molecule has 17 heavy (non-hydrogen) atoms. The number of carbonyl (C=O) groups is 1. The van der Waals surface area contributed by atoms with Crippen molar-refractivity contribution in [2.75, 3.05) is 18.5 Å². The minimum atomic E-state index is -0.314. The molecule has 1 aromatic rings. The van der Waals surface area contributed by atoms with Crippen molar-refractivity contribution in [3.05, 3.63) is 23.9 Å². The van der Waals surface area contributed by atoms with Crippen LogP contribution in [-0.4, -0.2) is 30.6 Å². The predicted octanol–water partition coefficient (Wildman–Crippen LogP) is 2.49. The Morgan fingerprint density at radius 1 is 1.53 bits per heavy atom. The van der Waals surface area contributed by atoms with Crippen LogP contribution < -0.4 is 4.90 Å². The molecule has 0 bridgehead atoms. The molecule has 0 N–H and O–H groups in total. The zero-order valence-corrected chi connectivity index (χ0v) is 10.9. The van der Waals surface area contributed by atoms with Crippen molar-refractivity contribution < 1.29 is 9.53 Å². The summed E-state index contributed by atoms with van der Waals surface area (Å²) < 4.78 is 5.20. The Balaban J connectivity index is 2.95. The van der Waals surface area contributed by atoms with Crippen LogP contribution in [0.15, 0.2) is 18.3 Å². The largest absolute Gasteiger partial charge is 0.459 e. The average molecular weight is 236 g/mol. The van der Waals surface area contributed by atoms with Gasteiger partial charge < -0.3 is 9.64 Å². The summed E-state index contributed by atoms with van der Waals surface area (Å²) in [6.07, 6.45) is 2.58. The molecule has 1 aromatic heterocycles. The lowest BCUT2D eigenvalue weighted by molar-refractivity contribution is 0.0378. The van der Waals surface area contributed by atoms with E-state index in [9.17, 15) is 4.79 Å². The summed E-state index contributed by atoms with van der Waals surface area (Å²) in [5.41, 5.74) is 0.525. The third-order valence-electron chi connectivity index (χ3n) is 2.27. The van der Waals surface area contributed by atoms with Crippen molar-refractivity contribution >= 4 is 11.8 Å². The third-order valence-corrected chi connectivity index (χ3v) is 2.27. The summed E-state index contributed by atoms with van der Waals surface area (Å²) in [6, 6.07) is 3.50. The van der Waals surface area contributed by atoms with Gasteiger partial charge in [0.25, 0.3) is 0 Å². The lowest BCUT2D eigenvalue weighted by Crippen LogP contribution is -2.23. The van der Waals surface area contributed by atoms with Crippen molar-refractivity contribution in [1.82, 2.24) is 4.98 Å². The minimum absolute atomic E-state index is 0.118. The molecule has 0 saturated heterocycles. The monoisotopic (exact) mass is 236 g/mol. The molecule has 0 amide bonds. The van der Waals surface area contributed by atoms with E-state index in [4.69, 9.17) is 4.74 Å². The highest BCUT2D eigenvalue weighted by Crippen LogP contribution is 2.17. The second-order valence-electron chi connectivity index (χ2n) is 4.25. The van der Waals surface area contributed by atoms with E-state index >= 15 is 0 Å². The molecule has 0 aliphatic carbocycles. The summed E-state index contributed by atoms with van der Waals surface area (Å²) >= 11 is 0. The third kappa shape index (κ3) is 3.73. The first-order chi connectivity index (χ1) is 8.06. The number of hydrogen-bond acceptors (Lipinski definition) is 4. The lowest BCUT2D eigenvalue weighted by atomic mass is 10.2. The highest BCUT2D eigenvalue weighted by Gasteiger charge is 2.17. The van der Waals surface area contributed by atoms with E-state index in [-0.39, 0.29) is 12.1 Å². The van der Waals surface area contributed by atoms with Gasteiger partial charge in [-0.2, -0.15) is 0 Å². The molecular formula is C13H20N2O2.